The molecule has 0 amide bonds. The second-order valence-electron chi connectivity index (χ2n) is 9.50. The van der Waals surface area contributed by atoms with Gasteiger partial charge in [0, 0.05) is 22.2 Å². The molecule has 0 fully saturated rings. The number of thiazole rings is 1. The molecule has 5 rings (SSSR count). The van der Waals surface area contributed by atoms with Crippen LogP contribution in [0.3, 0.4) is 0 Å². The number of furan rings is 1. The SMILES string of the molecule is CCOC(=O)C1=C(C)N=c2s/c(=C/c3ccc(-c4cc(Cl)c([N+](=O)[O-])cc4Cl)o3)c(=O)n2[C@@H]1c1cc(OC)c(OCC)cc1Br. The zero-order valence-corrected chi connectivity index (χ0v) is 28.1. The summed E-state index contributed by atoms with van der Waals surface area (Å²) < 4.78 is 24.9. The number of halogens is 3. The third-order valence-electron chi connectivity index (χ3n) is 6.79. The lowest BCUT2D eigenvalue weighted by Gasteiger charge is -2.26. The van der Waals surface area contributed by atoms with Crippen LogP contribution in [0, 0.1) is 10.1 Å². The van der Waals surface area contributed by atoms with Crippen molar-refractivity contribution in [1.29, 1.82) is 0 Å². The smallest absolute Gasteiger partial charge is 0.338 e. The van der Waals surface area contributed by atoms with Gasteiger partial charge in [-0.1, -0.05) is 50.5 Å². The van der Waals surface area contributed by atoms with E-state index in [1.807, 2.05) is 6.92 Å². The second kappa shape index (κ2) is 13.2. The van der Waals surface area contributed by atoms with E-state index in [4.69, 9.17) is 41.8 Å². The number of fused-ring (bicyclic) bond motifs is 1. The summed E-state index contributed by atoms with van der Waals surface area (Å²) in [5.74, 6) is 0.905. The normalized spacial score (nSPS) is 14.6. The molecule has 1 atom stereocenters. The molecular formula is C30H24BrCl2N3O8S. The number of ether oxygens (including phenoxy) is 3. The summed E-state index contributed by atoms with van der Waals surface area (Å²) in [5.41, 5.74) is 0.751. The van der Waals surface area contributed by atoms with Crippen LogP contribution < -0.4 is 24.4 Å². The number of nitro benzene ring substituents is 1. The Hall–Kier alpha value is -3.91. The van der Waals surface area contributed by atoms with Crippen LogP contribution in [0.2, 0.25) is 10.0 Å². The van der Waals surface area contributed by atoms with Crippen molar-refractivity contribution in [2.45, 2.75) is 26.8 Å². The number of nitro groups is 1. The van der Waals surface area contributed by atoms with Gasteiger partial charge in [-0.3, -0.25) is 19.5 Å². The van der Waals surface area contributed by atoms with E-state index in [1.54, 1.807) is 44.2 Å². The van der Waals surface area contributed by atoms with Crippen molar-refractivity contribution in [3.05, 3.63) is 103 Å². The lowest BCUT2D eigenvalue weighted by atomic mass is 9.95. The lowest BCUT2D eigenvalue weighted by molar-refractivity contribution is -0.384. The van der Waals surface area contributed by atoms with Gasteiger partial charge >= 0.3 is 5.97 Å². The van der Waals surface area contributed by atoms with Crippen LogP contribution in [0.1, 0.15) is 38.1 Å². The minimum Gasteiger partial charge on any atom is -0.493 e. The van der Waals surface area contributed by atoms with Crippen molar-refractivity contribution in [2.24, 2.45) is 4.99 Å². The Morgan fingerprint density at radius 3 is 2.60 bits per heavy atom. The monoisotopic (exact) mass is 735 g/mol. The highest BCUT2D eigenvalue weighted by Crippen LogP contribution is 2.41. The summed E-state index contributed by atoms with van der Waals surface area (Å²) >= 11 is 17.1. The number of aromatic nitrogens is 1. The van der Waals surface area contributed by atoms with Crippen molar-refractivity contribution in [3.63, 3.8) is 0 Å². The maximum atomic E-state index is 14.0. The number of hydrogen-bond acceptors (Lipinski definition) is 10. The summed E-state index contributed by atoms with van der Waals surface area (Å²) in [7, 11) is 1.50. The van der Waals surface area contributed by atoms with Gasteiger partial charge in [0.1, 0.15) is 16.5 Å². The first-order valence-electron chi connectivity index (χ1n) is 13.4. The number of allylic oxidation sites excluding steroid dienone is 1. The predicted octanol–water partition coefficient (Wildman–Crippen LogP) is 6.44. The number of esters is 1. The molecule has 45 heavy (non-hydrogen) atoms. The van der Waals surface area contributed by atoms with Crippen molar-refractivity contribution in [2.75, 3.05) is 20.3 Å². The minimum absolute atomic E-state index is 0.0738. The van der Waals surface area contributed by atoms with Crippen LogP contribution in [-0.4, -0.2) is 35.8 Å². The van der Waals surface area contributed by atoms with Crippen LogP contribution >= 0.6 is 50.5 Å². The number of methoxy groups -OCH3 is 1. The van der Waals surface area contributed by atoms with Crippen molar-refractivity contribution in [1.82, 2.24) is 4.57 Å². The first-order chi connectivity index (χ1) is 21.5. The second-order valence-corrected chi connectivity index (χ2v) is 12.2. The number of nitrogens with zero attached hydrogens (tertiary/aromatic N) is 3. The fraction of sp³-hybridized carbons (Fsp3) is 0.233. The minimum atomic E-state index is -0.908. The zero-order chi connectivity index (χ0) is 32.6. The number of carbonyl (C=O) groups excluding carboxylic acids is 1. The number of carbonyl (C=O) groups is 1. The lowest BCUT2D eigenvalue weighted by Crippen LogP contribution is -2.40. The molecule has 0 spiro atoms. The molecule has 0 N–H and O–H groups in total. The summed E-state index contributed by atoms with van der Waals surface area (Å²) in [6.45, 7) is 5.77. The molecule has 0 saturated carbocycles. The molecule has 0 saturated heterocycles. The van der Waals surface area contributed by atoms with Gasteiger partial charge in [0.25, 0.3) is 11.2 Å². The Labute approximate surface area is 278 Å². The standard InChI is InChI=1S/C30H24BrCl2N3O8S/c1-5-42-24-12-18(31)16(11-23(24)41-4)27-26(29(38)43-6-2)14(3)34-30-35(27)28(37)25(45-30)9-15-7-8-22(44-15)17-10-20(33)21(36(39)40)13-19(17)32/h7-13,27H,5-6H2,1-4H3/b25-9+/t27-/m1/s1. The van der Waals surface area contributed by atoms with Gasteiger partial charge in [0.05, 0.1) is 52.1 Å². The maximum Gasteiger partial charge on any atom is 0.338 e. The summed E-state index contributed by atoms with van der Waals surface area (Å²) in [6, 6.07) is 8.27. The highest BCUT2D eigenvalue weighted by molar-refractivity contribution is 9.10. The zero-order valence-electron chi connectivity index (χ0n) is 24.2. The van der Waals surface area contributed by atoms with E-state index in [9.17, 15) is 19.7 Å². The average molecular weight is 737 g/mol. The molecule has 1 aliphatic rings. The van der Waals surface area contributed by atoms with Gasteiger partial charge in [-0.15, -0.1) is 0 Å². The molecular weight excluding hydrogens is 713 g/mol. The Bertz CT molecular complexity index is 2070. The number of hydrogen-bond donors (Lipinski definition) is 0. The Morgan fingerprint density at radius 1 is 1.18 bits per heavy atom. The fourth-order valence-electron chi connectivity index (χ4n) is 4.84. The first kappa shape index (κ1) is 32.5. The predicted molar refractivity (Wildman–Crippen MR) is 173 cm³/mol. The summed E-state index contributed by atoms with van der Waals surface area (Å²) in [6.07, 6.45) is 1.54. The highest BCUT2D eigenvalue weighted by atomic mass is 79.9. The molecule has 11 nitrogen and oxygen atoms in total. The third kappa shape index (κ3) is 6.17. The van der Waals surface area contributed by atoms with Gasteiger partial charge in [-0.25, -0.2) is 9.79 Å². The highest BCUT2D eigenvalue weighted by Gasteiger charge is 2.35. The van der Waals surface area contributed by atoms with Gasteiger partial charge in [0.15, 0.2) is 16.3 Å². The van der Waals surface area contributed by atoms with Crippen molar-refractivity contribution in [3.8, 4) is 22.8 Å². The third-order valence-corrected chi connectivity index (χ3v) is 9.08. The quantitative estimate of drug-likeness (QED) is 0.109. The van der Waals surface area contributed by atoms with E-state index >= 15 is 0 Å². The van der Waals surface area contributed by atoms with Crippen molar-refractivity contribution < 1.29 is 28.3 Å². The topological polar surface area (TPSA) is 135 Å². The fourth-order valence-corrected chi connectivity index (χ4v) is 6.89. The van der Waals surface area contributed by atoms with Crippen LogP contribution in [0.5, 0.6) is 11.5 Å². The Balaban J connectivity index is 1.66. The molecule has 4 aromatic rings. The largest absolute Gasteiger partial charge is 0.493 e. The van der Waals surface area contributed by atoms with Crippen LogP contribution in [0.25, 0.3) is 17.4 Å². The molecule has 3 heterocycles. The molecule has 0 unspecified atom stereocenters. The molecule has 0 radical (unpaired) electrons. The number of benzene rings is 2. The van der Waals surface area contributed by atoms with Gasteiger partial charge in [-0.05, 0) is 56.7 Å². The van der Waals surface area contributed by atoms with Crippen LogP contribution in [-0.2, 0) is 9.53 Å². The Kier molecular flexibility index (Phi) is 9.54. The summed E-state index contributed by atoms with van der Waals surface area (Å²) in [4.78, 5) is 42.9. The summed E-state index contributed by atoms with van der Waals surface area (Å²) in [5, 5.41) is 11.2. The molecule has 0 bridgehead atoms. The van der Waals surface area contributed by atoms with E-state index in [2.05, 4.69) is 20.9 Å². The molecule has 15 heteroatoms. The van der Waals surface area contributed by atoms with Crippen molar-refractivity contribution >= 4 is 68.2 Å². The molecule has 0 aliphatic carbocycles. The van der Waals surface area contributed by atoms with Crippen LogP contribution in [0.15, 0.2) is 66.3 Å². The van der Waals surface area contributed by atoms with E-state index in [1.165, 1.54) is 17.7 Å². The molecule has 1 aliphatic heterocycles. The maximum absolute atomic E-state index is 14.0. The van der Waals surface area contributed by atoms with Gasteiger partial charge in [0.2, 0.25) is 0 Å². The van der Waals surface area contributed by atoms with E-state index < -0.39 is 22.5 Å². The van der Waals surface area contributed by atoms with E-state index in [0.29, 0.717) is 55.7 Å². The van der Waals surface area contributed by atoms with E-state index in [0.717, 1.165) is 17.4 Å². The average Bonchev–Trinajstić information content (AvgIpc) is 3.57. The first-order valence-corrected chi connectivity index (χ1v) is 15.8. The molecule has 2 aromatic carbocycles. The van der Waals surface area contributed by atoms with Gasteiger partial charge in [-0.2, -0.15) is 0 Å². The number of rotatable bonds is 9. The Morgan fingerprint density at radius 2 is 1.93 bits per heavy atom. The van der Waals surface area contributed by atoms with Gasteiger partial charge < -0.3 is 18.6 Å². The molecule has 234 valence electrons. The van der Waals surface area contributed by atoms with Crippen LogP contribution in [0.4, 0.5) is 5.69 Å². The molecule has 2 aromatic heterocycles. The van der Waals surface area contributed by atoms with E-state index in [-0.39, 0.29) is 32.4 Å².